The van der Waals surface area contributed by atoms with Crippen molar-refractivity contribution in [3.05, 3.63) is 75.6 Å². The maximum absolute atomic E-state index is 13.6. The minimum Gasteiger partial charge on any atom is -0.459 e. The van der Waals surface area contributed by atoms with Gasteiger partial charge in [-0.2, -0.15) is 13.2 Å². The Kier molecular flexibility index (Phi) is 6.92. The molecule has 1 saturated heterocycles. The molecule has 3 heterocycles. The van der Waals surface area contributed by atoms with Gasteiger partial charge >= 0.3 is 6.18 Å². The highest BCUT2D eigenvalue weighted by Gasteiger charge is 2.36. The number of hydrogen-bond acceptors (Lipinski definition) is 4. The van der Waals surface area contributed by atoms with Crippen LogP contribution < -0.4 is 5.32 Å². The second kappa shape index (κ2) is 9.58. The molecule has 0 spiro atoms. The van der Waals surface area contributed by atoms with Crippen molar-refractivity contribution in [2.75, 3.05) is 18.4 Å². The maximum Gasteiger partial charge on any atom is 0.416 e. The van der Waals surface area contributed by atoms with Crippen LogP contribution in [0.5, 0.6) is 0 Å². The van der Waals surface area contributed by atoms with Gasteiger partial charge in [0.2, 0.25) is 0 Å². The number of amides is 1. The molecule has 1 aromatic carbocycles. The van der Waals surface area contributed by atoms with Gasteiger partial charge in [-0.25, -0.2) is 0 Å². The average molecular weight is 491 g/mol. The summed E-state index contributed by atoms with van der Waals surface area (Å²) in [6.07, 6.45) is -1.92. The molecule has 0 radical (unpaired) electrons. The SMILES string of the molecule is Cc1sc(NC(=O)c2ccco2)c([C@@H](c2cccc(C(F)(F)F)c2)N2C[C@@H](C)C[C@H](C)C2)c1C. The number of aryl methyl sites for hydroxylation is 1. The topological polar surface area (TPSA) is 45.5 Å². The van der Waals surface area contributed by atoms with Crippen LogP contribution in [0.3, 0.4) is 0 Å². The normalized spacial score (nSPS) is 20.3. The van der Waals surface area contributed by atoms with Crippen molar-refractivity contribution in [1.82, 2.24) is 4.90 Å². The number of rotatable bonds is 5. The first-order valence-corrected chi connectivity index (χ1v) is 12.2. The van der Waals surface area contributed by atoms with Crippen LogP contribution in [0, 0.1) is 25.7 Å². The summed E-state index contributed by atoms with van der Waals surface area (Å²) in [4.78, 5) is 16.1. The number of carbonyl (C=O) groups excluding carboxylic acids is 1. The van der Waals surface area contributed by atoms with Crippen molar-refractivity contribution in [3.8, 4) is 0 Å². The molecule has 1 N–H and O–H groups in total. The molecular formula is C26H29F3N2O2S. The third kappa shape index (κ3) is 5.08. The molecule has 0 saturated carbocycles. The van der Waals surface area contributed by atoms with Crippen molar-refractivity contribution < 1.29 is 22.4 Å². The van der Waals surface area contributed by atoms with E-state index in [1.807, 2.05) is 13.8 Å². The number of anilines is 1. The molecule has 4 nitrogen and oxygen atoms in total. The van der Waals surface area contributed by atoms with Crippen LogP contribution in [0.15, 0.2) is 47.1 Å². The number of alkyl halides is 3. The minimum absolute atomic E-state index is 0.186. The highest BCUT2D eigenvalue weighted by molar-refractivity contribution is 7.16. The maximum atomic E-state index is 13.6. The van der Waals surface area contributed by atoms with E-state index in [0.29, 0.717) is 22.4 Å². The highest BCUT2D eigenvalue weighted by Crippen LogP contribution is 2.45. The van der Waals surface area contributed by atoms with Gasteiger partial charge in [-0.15, -0.1) is 11.3 Å². The second-order valence-electron chi connectivity index (χ2n) is 9.38. The van der Waals surface area contributed by atoms with Crippen molar-refractivity contribution in [1.29, 1.82) is 0 Å². The number of nitrogens with one attached hydrogen (secondary N) is 1. The van der Waals surface area contributed by atoms with E-state index in [2.05, 4.69) is 24.1 Å². The second-order valence-corrected chi connectivity index (χ2v) is 10.6. The zero-order chi connectivity index (χ0) is 24.6. The summed E-state index contributed by atoms with van der Waals surface area (Å²) in [6.45, 7) is 9.84. The number of carbonyl (C=O) groups is 1. The summed E-state index contributed by atoms with van der Waals surface area (Å²) < 4.78 is 46.1. The molecule has 3 atom stereocenters. The standard InChI is InChI=1S/C26H29F3N2O2S/c1-15-11-16(2)14-31(13-15)23(19-7-5-8-20(12-19)26(27,28)29)22-17(3)18(4)34-25(22)30-24(32)21-9-6-10-33-21/h5-10,12,15-16,23H,11,13-14H2,1-4H3,(H,30,32)/t15-,16-,23+/m0/s1. The number of hydrogen-bond donors (Lipinski definition) is 1. The molecule has 182 valence electrons. The fourth-order valence-electron chi connectivity index (χ4n) is 5.01. The van der Waals surface area contributed by atoms with Gasteiger partial charge < -0.3 is 9.73 Å². The average Bonchev–Trinajstić information content (AvgIpc) is 3.38. The molecule has 3 aromatic rings. The number of piperidine rings is 1. The van der Waals surface area contributed by atoms with Crippen molar-refractivity contribution in [2.24, 2.45) is 11.8 Å². The van der Waals surface area contributed by atoms with Crippen LogP contribution in [0.2, 0.25) is 0 Å². The van der Waals surface area contributed by atoms with E-state index in [4.69, 9.17) is 4.42 Å². The molecule has 0 bridgehead atoms. The van der Waals surface area contributed by atoms with Crippen LogP contribution in [-0.2, 0) is 6.18 Å². The van der Waals surface area contributed by atoms with E-state index in [1.165, 1.54) is 29.7 Å². The van der Waals surface area contributed by atoms with Gasteiger partial charge in [0.25, 0.3) is 5.91 Å². The molecule has 0 aliphatic carbocycles. The first-order chi connectivity index (χ1) is 16.0. The van der Waals surface area contributed by atoms with Gasteiger partial charge in [-0.05, 0) is 67.5 Å². The zero-order valence-electron chi connectivity index (χ0n) is 19.7. The Morgan fingerprint density at radius 3 is 2.47 bits per heavy atom. The number of nitrogens with zero attached hydrogens (tertiary/aromatic N) is 1. The lowest BCUT2D eigenvalue weighted by atomic mass is 9.87. The van der Waals surface area contributed by atoms with E-state index < -0.39 is 17.8 Å². The van der Waals surface area contributed by atoms with Crippen LogP contribution >= 0.6 is 11.3 Å². The van der Waals surface area contributed by atoms with E-state index in [0.717, 1.165) is 41.6 Å². The van der Waals surface area contributed by atoms with Crippen molar-refractivity contribution in [2.45, 2.75) is 46.3 Å². The molecule has 1 aliphatic heterocycles. The Bertz CT molecular complexity index is 1140. The van der Waals surface area contributed by atoms with Gasteiger partial charge in [0.15, 0.2) is 5.76 Å². The predicted octanol–water partition coefficient (Wildman–Crippen LogP) is 7.30. The van der Waals surface area contributed by atoms with E-state index in [1.54, 1.807) is 18.2 Å². The first kappa shape index (κ1) is 24.5. The molecule has 4 rings (SSSR count). The number of thiophene rings is 1. The molecule has 8 heteroatoms. The first-order valence-electron chi connectivity index (χ1n) is 11.4. The van der Waals surface area contributed by atoms with Gasteiger partial charge in [-0.3, -0.25) is 9.69 Å². The minimum atomic E-state index is -4.43. The number of benzene rings is 1. The fourth-order valence-corrected chi connectivity index (χ4v) is 6.09. The summed E-state index contributed by atoms with van der Waals surface area (Å²) in [5.41, 5.74) is 1.74. The summed E-state index contributed by atoms with van der Waals surface area (Å²) in [7, 11) is 0. The highest BCUT2D eigenvalue weighted by atomic mass is 32.1. The summed E-state index contributed by atoms with van der Waals surface area (Å²) in [5, 5.41) is 3.61. The molecule has 1 aliphatic rings. The summed E-state index contributed by atoms with van der Waals surface area (Å²) >= 11 is 1.44. The molecule has 34 heavy (non-hydrogen) atoms. The quantitative estimate of drug-likeness (QED) is 0.408. The fraction of sp³-hybridized carbons (Fsp3) is 0.423. The third-order valence-electron chi connectivity index (χ3n) is 6.47. The van der Waals surface area contributed by atoms with Crippen LogP contribution in [-0.4, -0.2) is 23.9 Å². The zero-order valence-corrected chi connectivity index (χ0v) is 20.5. The lowest BCUT2D eigenvalue weighted by molar-refractivity contribution is -0.137. The third-order valence-corrected chi connectivity index (χ3v) is 7.61. The van der Waals surface area contributed by atoms with E-state index in [-0.39, 0.29) is 11.7 Å². The Morgan fingerprint density at radius 2 is 1.85 bits per heavy atom. The molecule has 2 aromatic heterocycles. The number of halogens is 3. The van der Waals surface area contributed by atoms with Gasteiger partial charge in [-0.1, -0.05) is 26.0 Å². The van der Waals surface area contributed by atoms with E-state index in [9.17, 15) is 18.0 Å². The predicted molar refractivity (Wildman–Crippen MR) is 128 cm³/mol. The Labute approximate surface area is 201 Å². The van der Waals surface area contributed by atoms with Crippen LogP contribution in [0.25, 0.3) is 0 Å². The molecule has 1 fully saturated rings. The van der Waals surface area contributed by atoms with Gasteiger partial charge in [0.1, 0.15) is 5.00 Å². The summed E-state index contributed by atoms with van der Waals surface area (Å²) in [5.74, 6) is 0.637. The molecule has 1 amide bonds. The van der Waals surface area contributed by atoms with Crippen molar-refractivity contribution in [3.63, 3.8) is 0 Å². The van der Waals surface area contributed by atoms with Crippen LogP contribution in [0.4, 0.5) is 18.2 Å². The van der Waals surface area contributed by atoms with Gasteiger partial charge in [0, 0.05) is 23.5 Å². The van der Waals surface area contributed by atoms with Gasteiger partial charge in [0.05, 0.1) is 17.9 Å². The molecular weight excluding hydrogens is 461 g/mol. The largest absolute Gasteiger partial charge is 0.459 e. The monoisotopic (exact) mass is 490 g/mol. The molecule has 0 unspecified atom stereocenters. The number of likely N-dealkylation sites (tertiary alicyclic amines) is 1. The van der Waals surface area contributed by atoms with E-state index >= 15 is 0 Å². The smallest absolute Gasteiger partial charge is 0.416 e. The van der Waals surface area contributed by atoms with Crippen molar-refractivity contribution >= 4 is 22.2 Å². The Hall–Kier alpha value is -2.58. The lowest BCUT2D eigenvalue weighted by Gasteiger charge is -2.41. The Balaban J connectivity index is 1.84. The lowest BCUT2D eigenvalue weighted by Crippen LogP contribution is -2.41. The van der Waals surface area contributed by atoms with Crippen LogP contribution in [0.1, 0.15) is 64.0 Å². The Morgan fingerprint density at radius 1 is 1.15 bits per heavy atom. The number of furan rings is 1. The summed E-state index contributed by atoms with van der Waals surface area (Å²) in [6, 6.07) is 8.39.